The van der Waals surface area contributed by atoms with Crippen LogP contribution in [0.3, 0.4) is 0 Å². The number of fused-ring (bicyclic) bond motifs is 2. The fourth-order valence-electron chi connectivity index (χ4n) is 3.60. The maximum absolute atomic E-state index is 12.5. The lowest BCUT2D eigenvalue weighted by Crippen LogP contribution is -2.58. The molecule has 3 atom stereocenters. The second-order valence-electron chi connectivity index (χ2n) is 5.94. The molecule has 3 unspecified atom stereocenters. The number of nitrogens with one attached hydrogen (secondary N) is 1. The zero-order valence-corrected chi connectivity index (χ0v) is 12.2. The number of esters is 1. The van der Waals surface area contributed by atoms with Crippen LogP contribution in [-0.4, -0.2) is 43.2 Å². The number of methoxy groups -OCH3 is 1. The lowest BCUT2D eigenvalue weighted by Gasteiger charge is -2.42. The highest BCUT2D eigenvalue weighted by Gasteiger charge is 2.52. The Morgan fingerprint density at radius 3 is 2.95 bits per heavy atom. The Balaban J connectivity index is 1.94. The monoisotopic (exact) mass is 274 g/mol. The van der Waals surface area contributed by atoms with E-state index in [1.807, 2.05) is 18.2 Å². The van der Waals surface area contributed by atoms with E-state index in [0.29, 0.717) is 5.92 Å². The summed E-state index contributed by atoms with van der Waals surface area (Å²) in [6, 6.07) is 8.13. The standard InChI is InChI=1S/C16H22N2O2/c1-12-5-3-4-6-14(12)17-16(15(19)20-2)8-10-18-9-7-13(16)11-18/h3-6,13,17H,7-11H2,1-2H3. The minimum absolute atomic E-state index is 0.118. The molecule has 0 amide bonds. The van der Waals surface area contributed by atoms with Crippen LogP contribution in [0, 0.1) is 12.8 Å². The van der Waals surface area contributed by atoms with Crippen LogP contribution >= 0.6 is 0 Å². The number of rotatable bonds is 3. The van der Waals surface area contributed by atoms with Gasteiger partial charge in [-0.3, -0.25) is 0 Å². The molecule has 4 heteroatoms. The molecule has 20 heavy (non-hydrogen) atoms. The Bertz CT molecular complexity index is 517. The van der Waals surface area contributed by atoms with Gasteiger partial charge in [0.2, 0.25) is 0 Å². The van der Waals surface area contributed by atoms with Gasteiger partial charge in [-0.25, -0.2) is 4.79 Å². The molecule has 0 saturated carbocycles. The highest BCUT2D eigenvalue weighted by Crippen LogP contribution is 2.39. The number of carbonyl (C=O) groups excluding carboxylic acids is 1. The van der Waals surface area contributed by atoms with E-state index < -0.39 is 5.54 Å². The van der Waals surface area contributed by atoms with E-state index in [-0.39, 0.29) is 5.97 Å². The minimum atomic E-state index is -0.562. The van der Waals surface area contributed by atoms with Gasteiger partial charge in [-0.1, -0.05) is 18.2 Å². The van der Waals surface area contributed by atoms with Gasteiger partial charge in [-0.05, 0) is 37.9 Å². The Hall–Kier alpha value is -1.55. The summed E-state index contributed by atoms with van der Waals surface area (Å²) in [6.45, 7) is 5.12. The molecule has 0 radical (unpaired) electrons. The van der Waals surface area contributed by atoms with Crippen LogP contribution in [0.15, 0.2) is 24.3 Å². The molecular weight excluding hydrogens is 252 g/mol. The van der Waals surface area contributed by atoms with Crippen LogP contribution in [0.4, 0.5) is 5.69 Å². The summed E-state index contributed by atoms with van der Waals surface area (Å²) in [4.78, 5) is 14.9. The third kappa shape index (κ3) is 2.08. The molecule has 1 aromatic rings. The quantitative estimate of drug-likeness (QED) is 0.857. The third-order valence-electron chi connectivity index (χ3n) is 4.84. The fourth-order valence-corrected chi connectivity index (χ4v) is 3.60. The molecule has 2 bridgehead atoms. The van der Waals surface area contributed by atoms with Gasteiger partial charge in [0.15, 0.2) is 0 Å². The number of carbonyl (C=O) groups is 1. The summed E-state index contributed by atoms with van der Waals surface area (Å²) in [7, 11) is 1.49. The highest BCUT2D eigenvalue weighted by molar-refractivity contribution is 5.85. The van der Waals surface area contributed by atoms with Crippen molar-refractivity contribution < 1.29 is 9.53 Å². The van der Waals surface area contributed by atoms with Crippen molar-refractivity contribution in [3.05, 3.63) is 29.8 Å². The van der Waals surface area contributed by atoms with Crippen LogP contribution in [0.5, 0.6) is 0 Å². The summed E-state index contributed by atoms with van der Waals surface area (Å²) in [5.74, 6) is 0.218. The summed E-state index contributed by atoms with van der Waals surface area (Å²) >= 11 is 0. The average molecular weight is 274 g/mol. The Morgan fingerprint density at radius 2 is 2.20 bits per heavy atom. The average Bonchev–Trinajstić information content (AvgIpc) is 2.88. The minimum Gasteiger partial charge on any atom is -0.467 e. The molecule has 108 valence electrons. The zero-order valence-electron chi connectivity index (χ0n) is 12.2. The van der Waals surface area contributed by atoms with Gasteiger partial charge in [0.25, 0.3) is 0 Å². The van der Waals surface area contributed by atoms with Crippen molar-refractivity contribution in [1.82, 2.24) is 4.90 Å². The van der Waals surface area contributed by atoms with Crippen molar-refractivity contribution in [3.8, 4) is 0 Å². The van der Waals surface area contributed by atoms with E-state index in [0.717, 1.165) is 43.7 Å². The summed E-state index contributed by atoms with van der Waals surface area (Å²) in [5, 5.41) is 3.54. The predicted molar refractivity (Wildman–Crippen MR) is 78.7 cm³/mol. The third-order valence-corrected chi connectivity index (χ3v) is 4.84. The zero-order chi connectivity index (χ0) is 14.2. The van der Waals surface area contributed by atoms with Crippen LogP contribution in [0.1, 0.15) is 18.4 Å². The van der Waals surface area contributed by atoms with Crippen molar-refractivity contribution in [3.63, 3.8) is 0 Å². The first-order chi connectivity index (χ1) is 9.65. The van der Waals surface area contributed by atoms with Crippen molar-refractivity contribution in [2.75, 3.05) is 32.1 Å². The van der Waals surface area contributed by atoms with Crippen LogP contribution in [0.2, 0.25) is 0 Å². The number of anilines is 1. The number of aryl methyl sites for hydroxylation is 1. The van der Waals surface area contributed by atoms with Crippen molar-refractivity contribution in [1.29, 1.82) is 0 Å². The van der Waals surface area contributed by atoms with Crippen LogP contribution in [-0.2, 0) is 9.53 Å². The number of ether oxygens (including phenoxy) is 1. The van der Waals surface area contributed by atoms with Gasteiger partial charge in [0.05, 0.1) is 7.11 Å². The van der Waals surface area contributed by atoms with Gasteiger partial charge in [0.1, 0.15) is 5.54 Å². The number of piperidine rings is 1. The van der Waals surface area contributed by atoms with Crippen molar-refractivity contribution >= 4 is 11.7 Å². The number of nitrogens with zero attached hydrogens (tertiary/aromatic N) is 1. The van der Waals surface area contributed by atoms with E-state index in [2.05, 4.69) is 23.2 Å². The fraction of sp³-hybridized carbons (Fsp3) is 0.562. The molecule has 3 rings (SSSR count). The Labute approximate surface area is 120 Å². The van der Waals surface area contributed by atoms with Crippen LogP contribution in [0.25, 0.3) is 0 Å². The van der Waals surface area contributed by atoms with Crippen molar-refractivity contribution in [2.45, 2.75) is 25.3 Å². The molecule has 2 aliphatic heterocycles. The van der Waals surface area contributed by atoms with Gasteiger partial charge >= 0.3 is 5.97 Å². The highest BCUT2D eigenvalue weighted by atomic mass is 16.5. The number of para-hydroxylation sites is 1. The molecule has 2 aliphatic rings. The number of hydrogen-bond donors (Lipinski definition) is 1. The van der Waals surface area contributed by atoms with Gasteiger partial charge in [0, 0.05) is 24.7 Å². The first-order valence-electron chi connectivity index (χ1n) is 7.30. The van der Waals surface area contributed by atoms with Gasteiger partial charge in [-0.15, -0.1) is 0 Å². The molecular formula is C16H22N2O2. The van der Waals surface area contributed by atoms with Crippen molar-refractivity contribution in [2.24, 2.45) is 5.92 Å². The van der Waals surface area contributed by atoms with E-state index in [1.54, 1.807) is 0 Å². The molecule has 1 aromatic carbocycles. The molecule has 0 spiro atoms. The first kappa shape index (κ1) is 13.4. The molecule has 2 saturated heterocycles. The molecule has 2 heterocycles. The SMILES string of the molecule is COC(=O)C1(Nc2ccccc2C)CCN2CCC1C2. The Kier molecular flexibility index (Phi) is 3.42. The largest absolute Gasteiger partial charge is 0.467 e. The smallest absolute Gasteiger partial charge is 0.331 e. The molecule has 1 N–H and O–H groups in total. The normalized spacial score (nSPS) is 31.9. The van der Waals surface area contributed by atoms with Gasteiger partial charge < -0.3 is 15.0 Å². The summed E-state index contributed by atoms with van der Waals surface area (Å²) in [6.07, 6.45) is 1.88. The maximum atomic E-state index is 12.5. The maximum Gasteiger partial charge on any atom is 0.331 e. The number of hydrogen-bond acceptors (Lipinski definition) is 4. The predicted octanol–water partition coefficient (Wildman–Crippen LogP) is 2.04. The first-order valence-corrected chi connectivity index (χ1v) is 7.30. The molecule has 0 aromatic heterocycles. The lowest BCUT2D eigenvalue weighted by molar-refractivity contribution is -0.149. The lowest BCUT2D eigenvalue weighted by atomic mass is 9.78. The van der Waals surface area contributed by atoms with Gasteiger partial charge in [-0.2, -0.15) is 0 Å². The second kappa shape index (κ2) is 5.09. The molecule has 2 fully saturated rings. The van der Waals surface area contributed by atoms with Crippen LogP contribution < -0.4 is 5.32 Å². The van der Waals surface area contributed by atoms with E-state index in [1.165, 1.54) is 7.11 Å². The number of benzene rings is 1. The van der Waals surface area contributed by atoms with E-state index >= 15 is 0 Å². The Morgan fingerprint density at radius 1 is 1.40 bits per heavy atom. The van der Waals surface area contributed by atoms with E-state index in [4.69, 9.17) is 4.74 Å². The van der Waals surface area contributed by atoms with E-state index in [9.17, 15) is 4.79 Å². The second-order valence-corrected chi connectivity index (χ2v) is 5.94. The topological polar surface area (TPSA) is 41.6 Å². The molecule has 4 nitrogen and oxygen atoms in total. The summed E-state index contributed by atoms with van der Waals surface area (Å²) < 4.78 is 5.14. The molecule has 0 aliphatic carbocycles. The summed E-state index contributed by atoms with van der Waals surface area (Å²) in [5.41, 5.74) is 1.64.